The number of nitrogens with one attached hydrogen (secondary N) is 2. The summed E-state index contributed by atoms with van der Waals surface area (Å²) in [6.07, 6.45) is 4.45. The zero-order valence-corrected chi connectivity index (χ0v) is 22.0. The van der Waals surface area contributed by atoms with Gasteiger partial charge in [0.25, 0.3) is 0 Å². The largest absolute Gasteiger partial charge is 0.453 e. The summed E-state index contributed by atoms with van der Waals surface area (Å²) in [5.74, 6) is -0.396. The molecule has 10 nitrogen and oxygen atoms in total. The monoisotopic (exact) mass is 539 g/mol. The number of alkyl carbamates (subject to hydrolysis) is 1. The molecule has 0 fully saturated rings. The molecule has 0 bridgehead atoms. The number of carbonyl (C=O) groups is 1. The molecule has 2 heterocycles. The Bertz CT molecular complexity index is 1410. The number of halogens is 2. The molecule has 1 amide bonds. The Morgan fingerprint density at radius 3 is 2.67 bits per heavy atom. The van der Waals surface area contributed by atoms with E-state index in [4.69, 9.17) is 13.0 Å². The predicted octanol–water partition coefficient (Wildman–Crippen LogP) is 4.43. The van der Waals surface area contributed by atoms with Gasteiger partial charge in [0.1, 0.15) is 11.5 Å². The predicted molar refractivity (Wildman–Crippen MR) is 136 cm³/mol. The van der Waals surface area contributed by atoms with Gasteiger partial charge in [-0.2, -0.15) is 5.10 Å². The van der Waals surface area contributed by atoms with Crippen molar-refractivity contribution in [3.63, 3.8) is 0 Å². The van der Waals surface area contributed by atoms with Gasteiger partial charge in [-0.15, -0.1) is 0 Å². The van der Waals surface area contributed by atoms with E-state index in [0.29, 0.717) is 29.9 Å². The summed E-state index contributed by atoms with van der Waals surface area (Å²) in [6.45, 7) is 5.04. The van der Waals surface area contributed by atoms with E-state index in [1.54, 1.807) is 32.3 Å². The number of amides is 1. The van der Waals surface area contributed by atoms with E-state index in [-0.39, 0.29) is 28.0 Å². The second kappa shape index (κ2) is 11.2. The maximum absolute atomic E-state index is 15.5. The number of anilines is 1. The van der Waals surface area contributed by atoms with E-state index in [2.05, 4.69) is 29.8 Å². The van der Waals surface area contributed by atoms with Crippen LogP contribution in [0.5, 0.6) is 0 Å². The highest BCUT2D eigenvalue weighted by molar-refractivity contribution is 7.92. The van der Waals surface area contributed by atoms with Crippen LogP contribution in [0.4, 0.5) is 14.9 Å². The fourth-order valence-corrected chi connectivity index (χ4v) is 4.14. The van der Waals surface area contributed by atoms with Gasteiger partial charge in [-0.3, -0.25) is 9.40 Å². The average Bonchev–Trinajstić information content (AvgIpc) is 3.25. The minimum atomic E-state index is -3.78. The molecule has 3 rings (SSSR count). The second-order valence-corrected chi connectivity index (χ2v) is 10.6. The molecule has 0 aliphatic heterocycles. The molecular formula is C23H28ClFN6O4S. The molecule has 0 unspecified atom stereocenters. The number of carbonyl (C=O) groups excluding carboxylic acids is 1. The van der Waals surface area contributed by atoms with Crippen LogP contribution in [0.15, 0.2) is 30.6 Å². The van der Waals surface area contributed by atoms with Crippen molar-refractivity contribution in [2.24, 2.45) is 0 Å². The number of benzene rings is 1. The van der Waals surface area contributed by atoms with Gasteiger partial charge in [-0.05, 0) is 45.4 Å². The minimum absolute atomic E-state index is 0.0623. The number of methoxy groups -OCH3 is 1. The van der Waals surface area contributed by atoms with Crippen LogP contribution in [-0.4, -0.2) is 53.7 Å². The molecule has 1 atom stereocenters. The fraction of sp³-hybridized carbons (Fsp3) is 0.391. The van der Waals surface area contributed by atoms with Crippen LogP contribution in [0, 0.1) is 5.82 Å². The molecule has 0 saturated carbocycles. The van der Waals surface area contributed by atoms with Gasteiger partial charge in [0.2, 0.25) is 10.0 Å². The molecule has 0 aliphatic carbocycles. The van der Waals surface area contributed by atoms with Crippen molar-refractivity contribution >= 4 is 33.4 Å². The minimum Gasteiger partial charge on any atom is -0.453 e. The molecule has 13 heteroatoms. The molecule has 0 radical (unpaired) electrons. The summed E-state index contributed by atoms with van der Waals surface area (Å²) in [5.41, 5.74) is 0.554. The fourth-order valence-electron chi connectivity index (χ4n) is 3.37. The number of nitrogens with zero attached hydrogens (tertiary/aromatic N) is 4. The van der Waals surface area contributed by atoms with Crippen molar-refractivity contribution in [2.75, 3.05) is 18.1 Å². The molecule has 1 aromatic carbocycles. The molecule has 3 aromatic rings. The Morgan fingerprint density at radius 1 is 1.31 bits per heavy atom. The first-order valence-corrected chi connectivity index (χ1v) is 13.2. The zero-order chi connectivity index (χ0) is 27.5. The van der Waals surface area contributed by atoms with Gasteiger partial charge in [0.15, 0.2) is 5.82 Å². The Morgan fingerprint density at radius 2 is 2.03 bits per heavy atom. The number of hydrogen-bond acceptors (Lipinski definition) is 7. The lowest BCUT2D eigenvalue weighted by Gasteiger charge is -2.12. The Balaban J connectivity index is 2.07. The van der Waals surface area contributed by atoms with E-state index in [1.165, 1.54) is 23.9 Å². The topological polar surface area (TPSA) is 128 Å². The van der Waals surface area contributed by atoms with Gasteiger partial charge in [0.05, 0.1) is 26.1 Å². The van der Waals surface area contributed by atoms with Crippen molar-refractivity contribution in [3.05, 3.63) is 47.3 Å². The van der Waals surface area contributed by atoms with E-state index >= 15 is 4.39 Å². The lowest BCUT2D eigenvalue weighted by molar-refractivity contribution is 0.167. The standard InChI is InChI=1S/C23H28ClFN6O4S/c1-13(2)31-12-17(18-8-9-26-20(28-18)7-6-14(3)27-23(32)35-4)22(29-31)16-10-15(24)11-19(21(16)25)30-36(5,33)34/h8-14,30H,6-7H2,1-5H3,(H,27,32)/t14-/m0/s1/i13D. The van der Waals surface area contributed by atoms with Crippen LogP contribution in [0.2, 0.25) is 5.02 Å². The van der Waals surface area contributed by atoms with Crippen LogP contribution in [0.3, 0.4) is 0 Å². The quantitative estimate of drug-likeness (QED) is 0.411. The Labute approximate surface area is 215 Å². The number of ether oxygens (including phenoxy) is 1. The highest BCUT2D eigenvalue weighted by Crippen LogP contribution is 2.37. The highest BCUT2D eigenvalue weighted by atomic mass is 35.5. The Kier molecular flexibility index (Phi) is 8.04. The van der Waals surface area contributed by atoms with Crippen molar-refractivity contribution in [1.29, 1.82) is 0 Å². The smallest absolute Gasteiger partial charge is 0.407 e. The van der Waals surface area contributed by atoms with E-state index < -0.39 is 28.0 Å². The van der Waals surface area contributed by atoms with Gasteiger partial charge >= 0.3 is 6.09 Å². The first kappa shape index (κ1) is 25.8. The van der Waals surface area contributed by atoms with Crippen molar-refractivity contribution < 1.29 is 23.7 Å². The molecule has 194 valence electrons. The lowest BCUT2D eigenvalue weighted by atomic mass is 10.0. The van der Waals surface area contributed by atoms with Gasteiger partial charge in [0, 0.05) is 47.0 Å². The van der Waals surface area contributed by atoms with E-state index in [0.717, 1.165) is 6.26 Å². The normalized spacial score (nSPS) is 13.1. The number of sulfonamides is 1. The molecule has 2 aromatic heterocycles. The number of aryl methyl sites for hydroxylation is 1. The van der Waals surface area contributed by atoms with Crippen LogP contribution in [-0.2, 0) is 21.2 Å². The first-order valence-electron chi connectivity index (χ1n) is 11.4. The third kappa shape index (κ3) is 6.91. The third-order valence-corrected chi connectivity index (χ3v) is 5.90. The zero-order valence-electron chi connectivity index (χ0n) is 21.5. The summed E-state index contributed by atoms with van der Waals surface area (Å²) < 4.78 is 55.5. The van der Waals surface area contributed by atoms with Crippen molar-refractivity contribution in [1.82, 2.24) is 25.1 Å². The summed E-state index contributed by atoms with van der Waals surface area (Å²) >= 11 is 6.20. The second-order valence-electron chi connectivity index (χ2n) is 8.41. The molecule has 0 spiro atoms. The molecule has 0 saturated heterocycles. The molecular weight excluding hydrogens is 511 g/mol. The molecule has 0 aliphatic rings. The molecule has 2 N–H and O–H groups in total. The van der Waals surface area contributed by atoms with E-state index in [9.17, 15) is 13.2 Å². The van der Waals surface area contributed by atoms with Gasteiger partial charge < -0.3 is 10.1 Å². The van der Waals surface area contributed by atoms with Crippen LogP contribution >= 0.6 is 11.6 Å². The average molecular weight is 540 g/mol. The lowest BCUT2D eigenvalue weighted by Crippen LogP contribution is -2.32. The SMILES string of the molecule is [2H]C(C)(C)n1cc(-c2ccnc(CC[C@H](C)NC(=O)OC)n2)c(-c2cc(Cl)cc(NS(C)(=O)=O)c2F)n1. The Hall–Kier alpha value is -3.25. The van der Waals surface area contributed by atoms with Gasteiger partial charge in [-0.25, -0.2) is 27.6 Å². The number of hydrogen-bond donors (Lipinski definition) is 2. The summed E-state index contributed by atoms with van der Waals surface area (Å²) in [5, 5.41) is 7.21. The number of rotatable bonds is 9. The van der Waals surface area contributed by atoms with Crippen LogP contribution in [0.25, 0.3) is 22.5 Å². The van der Waals surface area contributed by atoms with Gasteiger partial charge in [-0.1, -0.05) is 11.6 Å². The maximum atomic E-state index is 15.5. The molecule has 36 heavy (non-hydrogen) atoms. The summed E-state index contributed by atoms with van der Waals surface area (Å²) in [4.78, 5) is 20.3. The first-order chi connectivity index (χ1) is 17.2. The van der Waals surface area contributed by atoms with Crippen LogP contribution in [0.1, 0.15) is 40.4 Å². The van der Waals surface area contributed by atoms with Crippen molar-refractivity contribution in [2.45, 2.75) is 45.7 Å². The number of aromatic nitrogens is 4. The third-order valence-electron chi connectivity index (χ3n) is 5.09. The van der Waals surface area contributed by atoms with E-state index in [1.807, 2.05) is 6.92 Å². The van der Waals surface area contributed by atoms with Crippen molar-refractivity contribution in [3.8, 4) is 22.5 Å². The maximum Gasteiger partial charge on any atom is 0.407 e. The highest BCUT2D eigenvalue weighted by Gasteiger charge is 2.22. The summed E-state index contributed by atoms with van der Waals surface area (Å²) in [6, 6.07) is 2.74. The van der Waals surface area contributed by atoms with Crippen LogP contribution < -0.4 is 10.0 Å². The summed E-state index contributed by atoms with van der Waals surface area (Å²) in [7, 11) is -2.50.